The van der Waals surface area contributed by atoms with E-state index >= 15 is 0 Å². The molecule has 12 heteroatoms. The highest BCUT2D eigenvalue weighted by Crippen LogP contribution is 2.35. The van der Waals surface area contributed by atoms with Crippen LogP contribution in [0.3, 0.4) is 0 Å². The van der Waals surface area contributed by atoms with E-state index in [1.165, 1.54) is 35.0 Å². The van der Waals surface area contributed by atoms with Crippen molar-refractivity contribution in [2.75, 3.05) is 26.2 Å². The van der Waals surface area contributed by atoms with Crippen LogP contribution in [0.4, 0.5) is 13.2 Å². The molecular formula is C28H25Cl2F3N4O3. The lowest BCUT2D eigenvalue weighted by atomic mass is 10.1. The molecule has 40 heavy (non-hydrogen) atoms. The lowest BCUT2D eigenvalue weighted by Gasteiger charge is -2.28. The van der Waals surface area contributed by atoms with Gasteiger partial charge in [-0.25, -0.2) is 0 Å². The Morgan fingerprint density at radius 2 is 1.65 bits per heavy atom. The number of rotatable bonds is 3. The van der Waals surface area contributed by atoms with Crippen LogP contribution in [0.5, 0.6) is 5.75 Å². The summed E-state index contributed by atoms with van der Waals surface area (Å²) in [6.45, 7) is 5.54. The second-order valence-corrected chi connectivity index (χ2v) is 9.81. The van der Waals surface area contributed by atoms with Crippen LogP contribution in [-0.2, 0) is 0 Å². The van der Waals surface area contributed by atoms with E-state index in [9.17, 15) is 22.8 Å². The van der Waals surface area contributed by atoms with Gasteiger partial charge in [-0.1, -0.05) is 29.3 Å². The summed E-state index contributed by atoms with van der Waals surface area (Å²) in [7, 11) is 0. The van der Waals surface area contributed by atoms with Crippen molar-refractivity contribution in [1.82, 2.24) is 19.8 Å². The molecule has 0 bridgehead atoms. The van der Waals surface area contributed by atoms with Gasteiger partial charge in [-0.05, 0) is 61.4 Å². The van der Waals surface area contributed by atoms with E-state index in [-0.39, 0.29) is 32.8 Å². The van der Waals surface area contributed by atoms with Crippen molar-refractivity contribution < 1.29 is 27.5 Å². The maximum absolute atomic E-state index is 13.6. The number of fused-ring (bicyclic) bond motifs is 1. The van der Waals surface area contributed by atoms with E-state index in [1.807, 2.05) is 18.2 Å². The standard InChI is InChI=1S/C23H20Cl2F3N3O3.C5H5N/c1-12-9-14(34-23(26,27)28)10-16-13(2)11-31(20(12)16)22(33)18-17(24)4-3-15(19(18)25)21(32)30-7-5-29-6-8-30;1-2-4-6-5-3-1/h3-4,9-11,29H,5-8H2,1-2H3;1-5H. The molecule has 0 saturated carbocycles. The maximum atomic E-state index is 13.6. The van der Waals surface area contributed by atoms with Crippen molar-refractivity contribution in [3.63, 3.8) is 0 Å². The van der Waals surface area contributed by atoms with E-state index in [0.29, 0.717) is 48.2 Å². The van der Waals surface area contributed by atoms with E-state index in [0.717, 1.165) is 0 Å². The minimum absolute atomic E-state index is 0.0565. The summed E-state index contributed by atoms with van der Waals surface area (Å²) in [5.74, 6) is -1.29. The van der Waals surface area contributed by atoms with Gasteiger partial charge in [0, 0.05) is 50.2 Å². The molecule has 3 heterocycles. The Labute approximate surface area is 238 Å². The summed E-state index contributed by atoms with van der Waals surface area (Å²) < 4.78 is 43.5. The summed E-state index contributed by atoms with van der Waals surface area (Å²) in [4.78, 5) is 32.0. The first-order valence-electron chi connectivity index (χ1n) is 12.2. The molecule has 7 nitrogen and oxygen atoms in total. The molecule has 2 aromatic heterocycles. The molecule has 5 rings (SSSR count). The number of amides is 1. The minimum Gasteiger partial charge on any atom is -0.406 e. The van der Waals surface area contributed by atoms with E-state index in [2.05, 4.69) is 15.0 Å². The van der Waals surface area contributed by atoms with Crippen LogP contribution in [0.1, 0.15) is 31.8 Å². The molecule has 210 valence electrons. The van der Waals surface area contributed by atoms with Gasteiger partial charge in [0.2, 0.25) is 0 Å². The number of pyridine rings is 1. The topological polar surface area (TPSA) is 76.5 Å². The molecule has 0 spiro atoms. The van der Waals surface area contributed by atoms with Crippen LogP contribution < -0.4 is 10.1 Å². The van der Waals surface area contributed by atoms with Gasteiger partial charge in [-0.3, -0.25) is 19.1 Å². The fourth-order valence-corrected chi connectivity index (χ4v) is 5.05. The number of hydrogen-bond acceptors (Lipinski definition) is 5. The third-order valence-electron chi connectivity index (χ3n) is 6.22. The number of nitrogens with one attached hydrogen (secondary N) is 1. The average Bonchev–Trinajstić information content (AvgIpc) is 3.26. The zero-order valence-electron chi connectivity index (χ0n) is 21.6. The average molecular weight is 593 g/mol. The zero-order chi connectivity index (χ0) is 29.0. The molecular weight excluding hydrogens is 568 g/mol. The maximum Gasteiger partial charge on any atom is 0.573 e. The summed E-state index contributed by atoms with van der Waals surface area (Å²) in [5, 5.41) is 3.55. The smallest absolute Gasteiger partial charge is 0.406 e. The Morgan fingerprint density at radius 3 is 2.23 bits per heavy atom. The number of aromatic nitrogens is 2. The van der Waals surface area contributed by atoms with Gasteiger partial charge >= 0.3 is 6.36 Å². The van der Waals surface area contributed by atoms with Crippen molar-refractivity contribution >= 4 is 45.9 Å². The Bertz CT molecular complexity index is 1510. The first-order chi connectivity index (χ1) is 19.0. The molecule has 0 radical (unpaired) electrons. The predicted octanol–water partition coefficient (Wildman–Crippen LogP) is 6.28. The second kappa shape index (κ2) is 12.3. The Morgan fingerprint density at radius 1 is 0.975 bits per heavy atom. The number of aryl methyl sites for hydroxylation is 2. The SMILES string of the molecule is Cc1cn(C(=O)c2c(Cl)ccc(C(=O)N3CCNCC3)c2Cl)c2c(C)cc(OC(F)(F)F)cc12.c1ccncc1. The minimum atomic E-state index is -4.84. The molecule has 1 N–H and O–H groups in total. The van der Waals surface area contributed by atoms with Crippen molar-refractivity contribution in [3.05, 3.63) is 93.4 Å². The fraction of sp³-hybridized carbons (Fsp3) is 0.250. The number of ether oxygens (including phenoxy) is 1. The van der Waals surface area contributed by atoms with E-state index < -0.39 is 12.3 Å². The van der Waals surface area contributed by atoms with Crippen molar-refractivity contribution in [3.8, 4) is 5.75 Å². The number of carbonyl (C=O) groups is 2. The molecule has 2 aromatic carbocycles. The van der Waals surface area contributed by atoms with Gasteiger partial charge in [0.05, 0.1) is 26.7 Å². The zero-order valence-corrected chi connectivity index (χ0v) is 23.1. The summed E-state index contributed by atoms with van der Waals surface area (Å²) >= 11 is 12.9. The normalized spacial score (nSPS) is 13.5. The molecule has 1 fully saturated rings. The molecule has 0 aliphatic carbocycles. The van der Waals surface area contributed by atoms with E-state index in [4.69, 9.17) is 23.2 Å². The van der Waals surface area contributed by atoms with Gasteiger partial charge in [0.25, 0.3) is 11.8 Å². The summed E-state index contributed by atoms with van der Waals surface area (Å²) in [6.07, 6.45) is 0.152. The lowest BCUT2D eigenvalue weighted by molar-refractivity contribution is -0.274. The van der Waals surface area contributed by atoms with Crippen LogP contribution in [0.25, 0.3) is 10.9 Å². The molecule has 1 aliphatic heterocycles. The number of nitrogens with zero attached hydrogens (tertiary/aromatic N) is 3. The molecule has 0 atom stereocenters. The van der Waals surface area contributed by atoms with Crippen LogP contribution in [0.15, 0.2) is 61.1 Å². The highest BCUT2D eigenvalue weighted by atomic mass is 35.5. The van der Waals surface area contributed by atoms with Crippen molar-refractivity contribution in [2.24, 2.45) is 0 Å². The molecule has 1 amide bonds. The van der Waals surface area contributed by atoms with Gasteiger partial charge in [0.1, 0.15) is 5.75 Å². The number of halogens is 5. The third-order valence-corrected chi connectivity index (χ3v) is 6.93. The number of hydrogen-bond donors (Lipinski definition) is 1. The van der Waals surface area contributed by atoms with Gasteiger partial charge < -0.3 is 15.0 Å². The summed E-state index contributed by atoms with van der Waals surface area (Å²) in [6, 6.07) is 11.1. The van der Waals surface area contributed by atoms with Gasteiger partial charge in [-0.15, -0.1) is 13.2 Å². The quantitative estimate of drug-likeness (QED) is 0.303. The molecule has 0 unspecified atom stereocenters. The molecule has 4 aromatic rings. The number of benzene rings is 2. The molecule has 1 aliphatic rings. The van der Waals surface area contributed by atoms with Crippen molar-refractivity contribution in [1.29, 1.82) is 0 Å². The number of alkyl halides is 3. The fourth-order valence-electron chi connectivity index (χ4n) is 4.43. The van der Waals surface area contributed by atoms with Crippen molar-refractivity contribution in [2.45, 2.75) is 20.2 Å². The monoisotopic (exact) mass is 592 g/mol. The first kappa shape index (κ1) is 29.4. The third kappa shape index (κ3) is 6.57. The number of carbonyl (C=O) groups excluding carboxylic acids is 2. The Balaban J connectivity index is 0.000000546. The summed E-state index contributed by atoms with van der Waals surface area (Å²) in [5.41, 5.74) is 1.43. The predicted molar refractivity (Wildman–Crippen MR) is 147 cm³/mol. The highest BCUT2D eigenvalue weighted by Gasteiger charge is 2.32. The van der Waals surface area contributed by atoms with Gasteiger partial charge in [0.15, 0.2) is 0 Å². The van der Waals surface area contributed by atoms with Crippen LogP contribution in [0, 0.1) is 13.8 Å². The second-order valence-electron chi connectivity index (χ2n) is 9.02. The molecule has 1 saturated heterocycles. The largest absolute Gasteiger partial charge is 0.573 e. The van der Waals surface area contributed by atoms with Crippen LogP contribution >= 0.6 is 23.2 Å². The first-order valence-corrected chi connectivity index (χ1v) is 13.0. The van der Waals surface area contributed by atoms with Gasteiger partial charge in [-0.2, -0.15) is 0 Å². The van der Waals surface area contributed by atoms with Crippen LogP contribution in [-0.4, -0.2) is 58.8 Å². The lowest BCUT2D eigenvalue weighted by Crippen LogP contribution is -2.46. The Kier molecular flexibility index (Phi) is 9.02. The highest BCUT2D eigenvalue weighted by molar-refractivity contribution is 6.41. The number of piperazine rings is 1. The van der Waals surface area contributed by atoms with E-state index in [1.54, 1.807) is 31.1 Å². The Hall–Kier alpha value is -3.60. The van der Waals surface area contributed by atoms with Crippen LogP contribution in [0.2, 0.25) is 10.0 Å².